The van der Waals surface area contributed by atoms with Gasteiger partial charge in [0, 0.05) is 34.2 Å². The smallest absolute Gasteiger partial charge is 0.410 e. The molecule has 4 heterocycles. The van der Waals surface area contributed by atoms with Crippen LogP contribution in [0.2, 0.25) is 0 Å². The first kappa shape index (κ1) is 22.6. The van der Waals surface area contributed by atoms with Crippen molar-refractivity contribution in [3.05, 3.63) is 58.9 Å². The third-order valence-electron chi connectivity index (χ3n) is 7.15. The van der Waals surface area contributed by atoms with Crippen LogP contribution in [0.25, 0.3) is 11.0 Å². The van der Waals surface area contributed by atoms with Crippen LogP contribution >= 0.6 is 0 Å². The molecule has 0 spiro atoms. The van der Waals surface area contributed by atoms with E-state index >= 15 is 0 Å². The molecule has 3 aliphatic heterocycles. The second-order valence-corrected chi connectivity index (χ2v) is 11.2. The predicted octanol–water partition coefficient (Wildman–Crippen LogP) is 4.09. The number of amides is 2. The zero-order valence-corrected chi connectivity index (χ0v) is 21.9. The molecular weight excluding hydrogens is 522 g/mol. The van der Waals surface area contributed by atoms with E-state index in [-0.39, 0.29) is 36.4 Å². The molecule has 3 aliphatic rings. The maximum Gasteiger partial charge on any atom is 0.410 e. The summed E-state index contributed by atoms with van der Waals surface area (Å²) >= 11 is 0. The van der Waals surface area contributed by atoms with Crippen LogP contribution in [0.15, 0.2) is 36.4 Å². The van der Waals surface area contributed by atoms with E-state index in [1.54, 1.807) is 43.5 Å². The number of halogens is 2. The monoisotopic (exact) mass is 553 g/mol. The van der Waals surface area contributed by atoms with Crippen molar-refractivity contribution in [2.45, 2.75) is 57.1 Å². The maximum absolute atomic E-state index is 13.5. The molecule has 6 rings (SSSR count). The highest BCUT2D eigenvalue weighted by atomic mass is 19.3. The van der Waals surface area contributed by atoms with Crippen molar-refractivity contribution < 1.29 is 37.1 Å². The molecule has 3 aromatic rings. The van der Waals surface area contributed by atoms with Crippen LogP contribution < -0.4 is 4.74 Å². The number of imidazole rings is 1. The summed E-state index contributed by atoms with van der Waals surface area (Å²) < 4.78 is 63.0. The average Bonchev–Trinajstić information content (AvgIpc) is 3.36. The van der Waals surface area contributed by atoms with Crippen molar-refractivity contribution in [1.29, 1.82) is 0 Å². The first-order valence-electron chi connectivity index (χ1n) is 14.2. The van der Waals surface area contributed by atoms with Gasteiger partial charge in [-0.3, -0.25) is 4.79 Å². The van der Waals surface area contributed by atoms with E-state index in [1.807, 2.05) is 0 Å². The van der Waals surface area contributed by atoms with Crippen LogP contribution in [-0.2, 0) is 4.74 Å². The number of ether oxygens (including phenoxy) is 2. The lowest BCUT2D eigenvalue weighted by Gasteiger charge is -2.43. The zero-order chi connectivity index (χ0) is 31.1. The number of β-amino-alcohol motifs (C(OH)–C–C–N with tert-alkyl or cyclic N) is 1. The number of nitrogens with zero attached hydrogens (tertiary/aromatic N) is 4. The van der Waals surface area contributed by atoms with Gasteiger partial charge in [-0.05, 0) is 51.1 Å². The minimum atomic E-state index is -3.16. The first-order chi connectivity index (χ1) is 20.0. The number of fused-ring (bicyclic) bond motifs is 9. The van der Waals surface area contributed by atoms with Gasteiger partial charge in [0.1, 0.15) is 17.2 Å². The third kappa shape index (κ3) is 4.32. The summed E-state index contributed by atoms with van der Waals surface area (Å²) in [5, 5.41) is 10.8. The highest BCUT2D eigenvalue weighted by Gasteiger charge is 2.46. The van der Waals surface area contributed by atoms with Crippen LogP contribution in [0.3, 0.4) is 0 Å². The number of likely N-dealkylation sites (tertiary alicyclic amines) is 1. The molecule has 1 aromatic heterocycles. The Morgan fingerprint density at radius 3 is 2.73 bits per heavy atom. The number of carbonyl (C=O) groups is 2. The van der Waals surface area contributed by atoms with Crippen LogP contribution in [0.1, 0.15) is 70.7 Å². The third-order valence-corrected chi connectivity index (χ3v) is 7.15. The van der Waals surface area contributed by atoms with Crippen molar-refractivity contribution in [2.75, 3.05) is 20.1 Å². The molecule has 0 aliphatic carbocycles. The minimum Gasteiger partial charge on any atom is -0.444 e. The summed E-state index contributed by atoms with van der Waals surface area (Å²) in [6.07, 6.45) is -0.452. The van der Waals surface area contributed by atoms with Gasteiger partial charge < -0.3 is 28.9 Å². The second kappa shape index (κ2) is 8.93. The molecule has 1 fully saturated rings. The number of alkyl halides is 2. The van der Waals surface area contributed by atoms with Crippen LogP contribution in [0, 0.1) is 11.8 Å². The van der Waals surface area contributed by atoms with Gasteiger partial charge in [0.25, 0.3) is 5.91 Å². The largest absolute Gasteiger partial charge is 0.444 e. The number of aliphatic hydroxyl groups is 1. The summed E-state index contributed by atoms with van der Waals surface area (Å²) in [7, 11) is 0. The molecule has 2 atom stereocenters. The molecule has 9 nitrogen and oxygen atoms in total. The molecule has 1 saturated heterocycles. The highest BCUT2D eigenvalue weighted by Crippen LogP contribution is 2.50. The topological polar surface area (TPSA) is 97.1 Å². The molecule has 0 saturated carbocycles. The normalized spacial score (nSPS) is 22.3. The molecule has 0 unspecified atom stereocenters. The molecule has 2 amide bonds. The molecule has 208 valence electrons. The fourth-order valence-electron chi connectivity index (χ4n) is 5.49. The van der Waals surface area contributed by atoms with Gasteiger partial charge in [0.05, 0.1) is 36.2 Å². The van der Waals surface area contributed by atoms with Crippen LogP contribution in [0.4, 0.5) is 13.6 Å². The van der Waals surface area contributed by atoms with E-state index in [9.17, 15) is 23.5 Å². The van der Waals surface area contributed by atoms with Crippen molar-refractivity contribution in [3.63, 3.8) is 0 Å². The summed E-state index contributed by atoms with van der Waals surface area (Å²) in [6, 6.07) is 7.50. The Kier molecular flexibility index (Phi) is 5.05. The fourth-order valence-corrected chi connectivity index (χ4v) is 5.49. The zero-order valence-electron chi connectivity index (χ0n) is 24.9. The Balaban J connectivity index is 1.39. The quantitative estimate of drug-likeness (QED) is 0.481. The van der Waals surface area contributed by atoms with E-state index < -0.39 is 48.9 Å². The van der Waals surface area contributed by atoms with Crippen LogP contribution in [-0.4, -0.2) is 74.3 Å². The van der Waals surface area contributed by atoms with Crippen molar-refractivity contribution in [2.24, 2.45) is 0 Å². The molecule has 2 aromatic carbocycles. The minimum absolute atomic E-state index is 0.0221. The van der Waals surface area contributed by atoms with Gasteiger partial charge in [-0.25, -0.2) is 9.78 Å². The molecule has 1 N–H and O–H groups in total. The molecule has 11 heteroatoms. The van der Waals surface area contributed by atoms with Gasteiger partial charge in [-0.15, -0.1) is 0 Å². The molecule has 40 heavy (non-hydrogen) atoms. The summed E-state index contributed by atoms with van der Waals surface area (Å²) in [6.45, 7) is -0.789. The van der Waals surface area contributed by atoms with Crippen molar-refractivity contribution in [1.82, 2.24) is 19.4 Å². The van der Waals surface area contributed by atoms with Crippen molar-refractivity contribution in [3.8, 4) is 17.6 Å². The van der Waals surface area contributed by atoms with E-state index in [0.29, 0.717) is 22.4 Å². The molecule has 0 radical (unpaired) electrons. The first-order valence-corrected chi connectivity index (χ1v) is 12.7. The standard InChI is InChI=1S/C29H28F2N4O5/c1-28(2,3)40-27(37)34-14-29(38,15-34)11-10-16-8-9-18-19(12-16)35-20-13-21(24(35)32-18)33(4)25(36)17-6-5-7-22(23(17)20)39-26(30)31/h5-9,12,20-21,26,38H,13-15H2,1-4H3/t20-,21-/m1/s1/i4D3. The van der Waals surface area contributed by atoms with E-state index in [1.165, 1.54) is 23.1 Å². The number of carbonyl (C=O) groups excluding carboxylic acids is 2. The Morgan fingerprint density at radius 1 is 1.25 bits per heavy atom. The number of benzene rings is 2. The van der Waals surface area contributed by atoms with Gasteiger partial charge in [-0.2, -0.15) is 8.78 Å². The Morgan fingerprint density at radius 2 is 2.02 bits per heavy atom. The van der Waals surface area contributed by atoms with Gasteiger partial charge >= 0.3 is 12.7 Å². The Bertz CT molecular complexity index is 1720. The van der Waals surface area contributed by atoms with Gasteiger partial charge in [-0.1, -0.05) is 17.9 Å². The summed E-state index contributed by atoms with van der Waals surface area (Å²) in [4.78, 5) is 32.6. The van der Waals surface area contributed by atoms with Gasteiger partial charge in [0.2, 0.25) is 0 Å². The molecular formula is C29H28F2N4O5. The lowest BCUT2D eigenvalue weighted by molar-refractivity contribution is -0.0637. The highest BCUT2D eigenvalue weighted by molar-refractivity contribution is 5.97. The summed E-state index contributed by atoms with van der Waals surface area (Å²) in [5.41, 5.74) is -0.446. The number of hydrogen-bond donors (Lipinski definition) is 1. The van der Waals surface area contributed by atoms with E-state index in [4.69, 9.17) is 13.6 Å². The average molecular weight is 554 g/mol. The van der Waals surface area contributed by atoms with E-state index in [0.717, 1.165) is 4.90 Å². The van der Waals surface area contributed by atoms with Crippen molar-refractivity contribution >= 4 is 23.0 Å². The van der Waals surface area contributed by atoms with Crippen LogP contribution in [0.5, 0.6) is 5.75 Å². The second-order valence-electron chi connectivity index (χ2n) is 11.2. The molecule has 2 bridgehead atoms. The summed E-state index contributed by atoms with van der Waals surface area (Å²) in [5.74, 6) is 5.02. The maximum atomic E-state index is 13.5. The number of aromatic nitrogens is 2. The Hall–Kier alpha value is -4.17. The predicted molar refractivity (Wildman–Crippen MR) is 140 cm³/mol. The number of rotatable bonds is 2. The van der Waals surface area contributed by atoms with E-state index in [2.05, 4.69) is 16.8 Å². The Labute approximate surface area is 233 Å². The van der Waals surface area contributed by atoms with Gasteiger partial charge in [0.15, 0.2) is 5.60 Å². The SMILES string of the molecule is [2H]C([2H])([2H])N1C(=O)c2cccc(OC(F)F)c2[C@H]2C[C@@H]1c1nc3ccc(C#CC4(O)CN(C(=O)OC(C)(C)C)C4)cc3n12. The number of hydrogen-bond acceptors (Lipinski definition) is 6. The lowest BCUT2D eigenvalue weighted by Crippen LogP contribution is -2.63. The lowest BCUT2D eigenvalue weighted by atomic mass is 9.95. The fraction of sp³-hybridized carbons (Fsp3) is 0.414.